The molecular weight excluding hydrogens is 232 g/mol. The van der Waals surface area contributed by atoms with Crippen LogP contribution in [-0.4, -0.2) is 0 Å². The molecule has 2 aliphatic rings. The van der Waals surface area contributed by atoms with Crippen molar-refractivity contribution in [3.63, 3.8) is 0 Å². The quantitative estimate of drug-likeness (QED) is 0.726. The SMILES string of the molecule is N#CCC1CCCC(CC2CCCC(CC#N)C2)C1. The second-order valence-electron chi connectivity index (χ2n) is 6.76. The summed E-state index contributed by atoms with van der Waals surface area (Å²) in [5.74, 6) is 3.06. The summed E-state index contributed by atoms with van der Waals surface area (Å²) < 4.78 is 0. The molecule has 0 amide bonds. The highest BCUT2D eigenvalue weighted by atomic mass is 14.3. The van der Waals surface area contributed by atoms with Crippen molar-refractivity contribution in [3.8, 4) is 12.1 Å². The Labute approximate surface area is 117 Å². The van der Waals surface area contributed by atoms with Crippen LogP contribution in [0.5, 0.6) is 0 Å². The number of nitriles is 2. The lowest BCUT2D eigenvalue weighted by molar-refractivity contribution is 0.182. The molecule has 2 rings (SSSR count). The molecule has 0 aromatic rings. The molecular formula is C17H26N2. The van der Waals surface area contributed by atoms with E-state index in [-0.39, 0.29) is 0 Å². The van der Waals surface area contributed by atoms with Gasteiger partial charge in [0.25, 0.3) is 0 Å². The van der Waals surface area contributed by atoms with Crippen molar-refractivity contribution in [2.24, 2.45) is 23.7 Å². The number of hydrogen-bond acceptors (Lipinski definition) is 2. The fourth-order valence-corrected chi connectivity index (χ4v) is 4.33. The van der Waals surface area contributed by atoms with E-state index < -0.39 is 0 Å². The fourth-order valence-electron chi connectivity index (χ4n) is 4.33. The normalized spacial score (nSPS) is 35.3. The van der Waals surface area contributed by atoms with Crippen LogP contribution in [0.25, 0.3) is 0 Å². The molecule has 2 saturated carbocycles. The first kappa shape index (κ1) is 14.4. The Morgan fingerprint density at radius 2 is 1.11 bits per heavy atom. The van der Waals surface area contributed by atoms with Crippen LogP contribution in [0.3, 0.4) is 0 Å². The smallest absolute Gasteiger partial charge is 0.0624 e. The minimum atomic E-state index is 0.669. The van der Waals surface area contributed by atoms with Gasteiger partial charge in [-0.3, -0.25) is 0 Å². The Kier molecular flexibility index (Phi) is 5.71. The van der Waals surface area contributed by atoms with Gasteiger partial charge in [-0.15, -0.1) is 0 Å². The monoisotopic (exact) mass is 258 g/mol. The van der Waals surface area contributed by atoms with Crippen LogP contribution >= 0.6 is 0 Å². The zero-order valence-electron chi connectivity index (χ0n) is 12.0. The summed E-state index contributed by atoms with van der Waals surface area (Å²) in [4.78, 5) is 0. The van der Waals surface area contributed by atoms with Gasteiger partial charge in [-0.05, 0) is 55.8 Å². The van der Waals surface area contributed by atoms with E-state index in [1.807, 2.05) is 0 Å². The summed E-state index contributed by atoms with van der Waals surface area (Å²) in [5.41, 5.74) is 0. The highest BCUT2D eigenvalue weighted by molar-refractivity contribution is 4.85. The van der Waals surface area contributed by atoms with Gasteiger partial charge in [-0.1, -0.05) is 25.7 Å². The van der Waals surface area contributed by atoms with Crippen LogP contribution in [0.2, 0.25) is 0 Å². The molecule has 2 heteroatoms. The molecule has 2 aliphatic carbocycles. The minimum Gasteiger partial charge on any atom is -0.198 e. The van der Waals surface area contributed by atoms with Crippen molar-refractivity contribution >= 4 is 0 Å². The molecule has 0 aromatic carbocycles. The summed E-state index contributed by atoms with van der Waals surface area (Å²) in [6, 6.07) is 4.70. The molecule has 0 aliphatic heterocycles. The van der Waals surface area contributed by atoms with Gasteiger partial charge in [0.1, 0.15) is 0 Å². The van der Waals surface area contributed by atoms with E-state index in [1.54, 1.807) is 0 Å². The first-order valence-corrected chi connectivity index (χ1v) is 8.05. The van der Waals surface area contributed by atoms with Crippen LogP contribution in [0.4, 0.5) is 0 Å². The predicted octanol–water partition coefficient (Wildman–Crippen LogP) is 4.82. The third kappa shape index (κ3) is 4.54. The van der Waals surface area contributed by atoms with Crippen LogP contribution < -0.4 is 0 Å². The zero-order chi connectivity index (χ0) is 13.5. The van der Waals surface area contributed by atoms with E-state index in [1.165, 1.54) is 57.8 Å². The van der Waals surface area contributed by atoms with Crippen molar-refractivity contribution in [3.05, 3.63) is 0 Å². The second kappa shape index (κ2) is 7.54. The molecule has 0 radical (unpaired) electrons. The van der Waals surface area contributed by atoms with Gasteiger partial charge in [-0.2, -0.15) is 10.5 Å². The maximum Gasteiger partial charge on any atom is 0.0624 e. The number of rotatable bonds is 4. The molecule has 2 nitrogen and oxygen atoms in total. The molecule has 0 N–H and O–H groups in total. The largest absolute Gasteiger partial charge is 0.198 e. The van der Waals surface area contributed by atoms with Gasteiger partial charge in [0.2, 0.25) is 0 Å². The lowest BCUT2D eigenvalue weighted by atomic mass is 9.71. The van der Waals surface area contributed by atoms with E-state index in [9.17, 15) is 0 Å². The molecule has 2 fully saturated rings. The molecule has 0 bridgehead atoms. The Balaban J connectivity index is 1.77. The summed E-state index contributed by atoms with van der Waals surface area (Å²) in [6.07, 6.45) is 13.4. The lowest BCUT2D eigenvalue weighted by Crippen LogP contribution is -2.22. The molecule has 0 spiro atoms. The van der Waals surface area contributed by atoms with Crippen LogP contribution in [0.15, 0.2) is 0 Å². The highest BCUT2D eigenvalue weighted by Gasteiger charge is 2.27. The first-order valence-electron chi connectivity index (χ1n) is 8.05. The molecule has 4 atom stereocenters. The Morgan fingerprint density at radius 3 is 1.53 bits per heavy atom. The molecule has 19 heavy (non-hydrogen) atoms. The second-order valence-corrected chi connectivity index (χ2v) is 6.76. The maximum atomic E-state index is 8.84. The first-order chi connectivity index (χ1) is 9.31. The van der Waals surface area contributed by atoms with Gasteiger partial charge >= 0.3 is 0 Å². The molecule has 0 aromatic heterocycles. The van der Waals surface area contributed by atoms with Gasteiger partial charge in [0.15, 0.2) is 0 Å². The van der Waals surface area contributed by atoms with Crippen molar-refractivity contribution in [1.29, 1.82) is 10.5 Å². The fraction of sp³-hybridized carbons (Fsp3) is 0.882. The summed E-state index contributed by atoms with van der Waals surface area (Å²) >= 11 is 0. The molecule has 0 saturated heterocycles. The van der Waals surface area contributed by atoms with Crippen molar-refractivity contribution < 1.29 is 0 Å². The van der Waals surface area contributed by atoms with E-state index in [4.69, 9.17) is 10.5 Å². The van der Waals surface area contributed by atoms with Gasteiger partial charge in [0, 0.05) is 12.8 Å². The van der Waals surface area contributed by atoms with Crippen LogP contribution in [0.1, 0.15) is 70.6 Å². The zero-order valence-corrected chi connectivity index (χ0v) is 12.0. The van der Waals surface area contributed by atoms with E-state index in [0.29, 0.717) is 11.8 Å². The molecule has 0 heterocycles. The maximum absolute atomic E-state index is 8.84. The Morgan fingerprint density at radius 1 is 0.684 bits per heavy atom. The minimum absolute atomic E-state index is 0.669. The summed E-state index contributed by atoms with van der Waals surface area (Å²) in [7, 11) is 0. The van der Waals surface area contributed by atoms with Gasteiger partial charge in [0.05, 0.1) is 12.1 Å². The van der Waals surface area contributed by atoms with Crippen molar-refractivity contribution in [1.82, 2.24) is 0 Å². The highest BCUT2D eigenvalue weighted by Crippen LogP contribution is 2.40. The lowest BCUT2D eigenvalue weighted by Gasteiger charge is -2.34. The molecule has 4 unspecified atom stereocenters. The standard InChI is InChI=1S/C17H26N2/c18-9-7-14-3-1-5-16(11-14)13-17-6-2-4-15(12-17)8-10-19/h14-17H,1-8,11-13H2. The summed E-state index contributed by atoms with van der Waals surface area (Å²) in [6.45, 7) is 0. The Hall–Kier alpha value is -1.02. The van der Waals surface area contributed by atoms with Crippen LogP contribution in [0, 0.1) is 46.3 Å². The average molecular weight is 258 g/mol. The Bertz CT molecular complexity index is 315. The molecule has 104 valence electrons. The number of nitrogens with zero attached hydrogens (tertiary/aromatic N) is 2. The van der Waals surface area contributed by atoms with Gasteiger partial charge in [-0.25, -0.2) is 0 Å². The topological polar surface area (TPSA) is 47.6 Å². The van der Waals surface area contributed by atoms with E-state index in [2.05, 4.69) is 12.1 Å². The third-order valence-electron chi connectivity index (χ3n) is 5.21. The van der Waals surface area contributed by atoms with Crippen molar-refractivity contribution in [2.75, 3.05) is 0 Å². The average Bonchev–Trinajstić information content (AvgIpc) is 2.40. The van der Waals surface area contributed by atoms with E-state index >= 15 is 0 Å². The third-order valence-corrected chi connectivity index (χ3v) is 5.21. The van der Waals surface area contributed by atoms with E-state index in [0.717, 1.165) is 24.7 Å². The van der Waals surface area contributed by atoms with Crippen molar-refractivity contribution in [2.45, 2.75) is 70.6 Å². The number of hydrogen-bond donors (Lipinski definition) is 0. The summed E-state index contributed by atoms with van der Waals surface area (Å²) in [5, 5.41) is 17.7. The van der Waals surface area contributed by atoms with Gasteiger partial charge < -0.3 is 0 Å². The predicted molar refractivity (Wildman–Crippen MR) is 76.0 cm³/mol. The van der Waals surface area contributed by atoms with Crippen LogP contribution in [-0.2, 0) is 0 Å².